The van der Waals surface area contributed by atoms with E-state index in [4.69, 9.17) is 10.00 Å². The number of nitrogens with zero attached hydrogens (tertiary/aromatic N) is 1. The molecule has 1 aromatic rings. The van der Waals surface area contributed by atoms with Gasteiger partial charge in [-0.2, -0.15) is 5.26 Å². The SMILES string of the molecule is CC(C)COCC(O)CNc1cc(Br)ccc1C#N. The fourth-order valence-corrected chi connectivity index (χ4v) is 1.85. The molecule has 0 aliphatic rings. The first-order valence-corrected chi connectivity index (χ1v) is 7.01. The van der Waals surface area contributed by atoms with Crippen LogP contribution in [-0.2, 0) is 4.74 Å². The van der Waals surface area contributed by atoms with Crippen LogP contribution in [0.5, 0.6) is 0 Å². The third-order valence-corrected chi connectivity index (χ3v) is 2.88. The van der Waals surface area contributed by atoms with Gasteiger partial charge in [0.1, 0.15) is 6.07 Å². The van der Waals surface area contributed by atoms with Gasteiger partial charge in [-0.15, -0.1) is 0 Å². The van der Waals surface area contributed by atoms with E-state index in [1.54, 1.807) is 6.07 Å². The Balaban J connectivity index is 2.44. The lowest BCUT2D eigenvalue weighted by molar-refractivity contribution is 0.0318. The van der Waals surface area contributed by atoms with E-state index in [1.807, 2.05) is 12.1 Å². The molecule has 2 N–H and O–H groups in total. The molecular weight excluding hydrogens is 308 g/mol. The van der Waals surface area contributed by atoms with Gasteiger partial charge in [0, 0.05) is 17.6 Å². The predicted octanol–water partition coefficient (Wildman–Crippen LogP) is 2.77. The monoisotopic (exact) mass is 326 g/mol. The quantitative estimate of drug-likeness (QED) is 0.808. The number of hydrogen-bond acceptors (Lipinski definition) is 4. The van der Waals surface area contributed by atoms with Gasteiger partial charge in [0.05, 0.1) is 24.0 Å². The van der Waals surface area contributed by atoms with Crippen LogP contribution in [0.2, 0.25) is 0 Å². The molecule has 1 atom stereocenters. The van der Waals surface area contributed by atoms with Crippen molar-refractivity contribution in [3.05, 3.63) is 28.2 Å². The largest absolute Gasteiger partial charge is 0.389 e. The number of nitrogens with one attached hydrogen (secondary N) is 1. The first kappa shape index (κ1) is 16.0. The van der Waals surface area contributed by atoms with Crippen LogP contribution in [0.1, 0.15) is 19.4 Å². The standard InChI is InChI=1S/C14H19BrN2O2/c1-10(2)8-19-9-13(18)7-17-14-5-12(15)4-3-11(14)6-16/h3-5,10,13,17-18H,7-9H2,1-2H3. The summed E-state index contributed by atoms with van der Waals surface area (Å²) in [7, 11) is 0. The molecule has 0 bridgehead atoms. The van der Waals surface area contributed by atoms with E-state index in [2.05, 4.69) is 41.2 Å². The summed E-state index contributed by atoms with van der Waals surface area (Å²) in [6.07, 6.45) is -0.593. The van der Waals surface area contributed by atoms with E-state index in [1.165, 1.54) is 0 Å². The maximum Gasteiger partial charge on any atom is 0.101 e. The van der Waals surface area contributed by atoms with Crippen molar-refractivity contribution in [1.82, 2.24) is 0 Å². The molecule has 19 heavy (non-hydrogen) atoms. The van der Waals surface area contributed by atoms with E-state index < -0.39 is 6.10 Å². The molecule has 1 unspecified atom stereocenters. The van der Waals surface area contributed by atoms with Crippen molar-refractivity contribution in [3.63, 3.8) is 0 Å². The lowest BCUT2D eigenvalue weighted by atomic mass is 10.2. The van der Waals surface area contributed by atoms with E-state index in [0.717, 1.165) is 4.47 Å². The van der Waals surface area contributed by atoms with Gasteiger partial charge >= 0.3 is 0 Å². The number of ether oxygens (including phenoxy) is 1. The smallest absolute Gasteiger partial charge is 0.101 e. The third kappa shape index (κ3) is 6.06. The van der Waals surface area contributed by atoms with Crippen molar-refractivity contribution in [3.8, 4) is 6.07 Å². The van der Waals surface area contributed by atoms with Crippen LogP contribution < -0.4 is 5.32 Å². The van der Waals surface area contributed by atoms with Crippen molar-refractivity contribution >= 4 is 21.6 Å². The molecule has 5 heteroatoms. The van der Waals surface area contributed by atoms with Gasteiger partial charge in [-0.05, 0) is 24.1 Å². The summed E-state index contributed by atoms with van der Waals surface area (Å²) in [6, 6.07) is 7.47. The summed E-state index contributed by atoms with van der Waals surface area (Å²) >= 11 is 3.35. The summed E-state index contributed by atoms with van der Waals surface area (Å²) in [5.74, 6) is 0.454. The molecular formula is C14H19BrN2O2. The Labute approximate surface area is 122 Å². The molecule has 0 spiro atoms. The summed E-state index contributed by atoms with van der Waals surface area (Å²) in [4.78, 5) is 0. The topological polar surface area (TPSA) is 65.3 Å². The minimum atomic E-state index is -0.593. The number of halogens is 1. The van der Waals surface area contributed by atoms with E-state index in [-0.39, 0.29) is 0 Å². The molecule has 1 aromatic carbocycles. The van der Waals surface area contributed by atoms with Gasteiger partial charge in [0.25, 0.3) is 0 Å². The highest BCUT2D eigenvalue weighted by molar-refractivity contribution is 9.10. The Morgan fingerprint density at radius 2 is 2.16 bits per heavy atom. The number of anilines is 1. The van der Waals surface area contributed by atoms with E-state index >= 15 is 0 Å². The van der Waals surface area contributed by atoms with Gasteiger partial charge in [-0.1, -0.05) is 29.8 Å². The Morgan fingerprint density at radius 3 is 2.79 bits per heavy atom. The number of benzene rings is 1. The fraction of sp³-hybridized carbons (Fsp3) is 0.500. The van der Waals surface area contributed by atoms with Gasteiger partial charge < -0.3 is 15.2 Å². The molecule has 1 rings (SSSR count). The highest BCUT2D eigenvalue weighted by Gasteiger charge is 2.07. The van der Waals surface area contributed by atoms with Gasteiger partial charge in [-0.3, -0.25) is 0 Å². The van der Waals surface area contributed by atoms with Crippen molar-refractivity contribution in [1.29, 1.82) is 5.26 Å². The Hall–Kier alpha value is -1.09. The van der Waals surface area contributed by atoms with E-state index in [9.17, 15) is 5.11 Å². The molecule has 4 nitrogen and oxygen atoms in total. The number of nitriles is 1. The van der Waals surface area contributed by atoms with Crippen LogP contribution in [0.3, 0.4) is 0 Å². The van der Waals surface area contributed by atoms with Crippen LogP contribution in [0.25, 0.3) is 0 Å². The number of aliphatic hydroxyl groups excluding tert-OH is 1. The van der Waals surface area contributed by atoms with Crippen LogP contribution in [0, 0.1) is 17.2 Å². The molecule has 0 amide bonds. The van der Waals surface area contributed by atoms with E-state index in [0.29, 0.717) is 36.9 Å². The summed E-state index contributed by atoms with van der Waals surface area (Å²) in [5.41, 5.74) is 1.26. The summed E-state index contributed by atoms with van der Waals surface area (Å²) < 4.78 is 6.25. The van der Waals surface area contributed by atoms with Crippen LogP contribution in [0.15, 0.2) is 22.7 Å². The lowest BCUT2D eigenvalue weighted by Gasteiger charge is -2.15. The fourth-order valence-electron chi connectivity index (χ4n) is 1.49. The Bertz CT molecular complexity index is 444. The average molecular weight is 327 g/mol. The summed E-state index contributed by atoms with van der Waals surface area (Å²) in [5, 5.41) is 21.8. The molecule has 0 aliphatic carbocycles. The van der Waals surface area contributed by atoms with Gasteiger partial charge in [-0.25, -0.2) is 0 Å². The van der Waals surface area contributed by atoms with Crippen LogP contribution in [-0.4, -0.2) is 31.0 Å². The van der Waals surface area contributed by atoms with Crippen LogP contribution >= 0.6 is 15.9 Å². The normalized spacial score (nSPS) is 12.2. The first-order valence-electron chi connectivity index (χ1n) is 6.22. The molecule has 0 saturated carbocycles. The van der Waals surface area contributed by atoms with Crippen molar-refractivity contribution in [2.24, 2.45) is 5.92 Å². The Kier molecular flexibility index (Phi) is 6.85. The van der Waals surface area contributed by atoms with Crippen molar-refractivity contribution in [2.75, 3.05) is 25.1 Å². The second kappa shape index (κ2) is 8.16. The van der Waals surface area contributed by atoms with Crippen molar-refractivity contribution < 1.29 is 9.84 Å². The number of rotatable bonds is 7. The third-order valence-electron chi connectivity index (χ3n) is 2.39. The summed E-state index contributed by atoms with van der Waals surface area (Å²) in [6.45, 7) is 5.40. The molecule has 0 aliphatic heterocycles. The van der Waals surface area contributed by atoms with Gasteiger partial charge in [0.15, 0.2) is 0 Å². The number of aliphatic hydroxyl groups is 1. The van der Waals surface area contributed by atoms with Gasteiger partial charge in [0.2, 0.25) is 0 Å². The zero-order chi connectivity index (χ0) is 14.3. The maximum atomic E-state index is 9.77. The minimum Gasteiger partial charge on any atom is -0.389 e. The molecule has 0 radical (unpaired) electrons. The molecule has 0 aromatic heterocycles. The second-order valence-electron chi connectivity index (χ2n) is 4.77. The predicted molar refractivity (Wildman–Crippen MR) is 79.0 cm³/mol. The zero-order valence-electron chi connectivity index (χ0n) is 11.2. The molecule has 0 saturated heterocycles. The second-order valence-corrected chi connectivity index (χ2v) is 5.68. The van der Waals surface area contributed by atoms with Crippen molar-refractivity contribution in [2.45, 2.75) is 20.0 Å². The Morgan fingerprint density at radius 1 is 1.42 bits per heavy atom. The highest BCUT2D eigenvalue weighted by atomic mass is 79.9. The van der Waals surface area contributed by atoms with Crippen LogP contribution in [0.4, 0.5) is 5.69 Å². The zero-order valence-corrected chi connectivity index (χ0v) is 12.8. The maximum absolute atomic E-state index is 9.77. The lowest BCUT2D eigenvalue weighted by Crippen LogP contribution is -2.26. The molecule has 0 heterocycles. The molecule has 104 valence electrons. The first-order chi connectivity index (χ1) is 9.02. The molecule has 0 fully saturated rings. The minimum absolute atomic E-state index is 0.293. The number of hydrogen-bond donors (Lipinski definition) is 2. The average Bonchev–Trinajstić information content (AvgIpc) is 2.36. The highest BCUT2D eigenvalue weighted by Crippen LogP contribution is 2.20.